The van der Waals surface area contributed by atoms with E-state index < -0.39 is 0 Å². The van der Waals surface area contributed by atoms with Gasteiger partial charge in [0.2, 0.25) is 5.91 Å². The first-order valence-electron chi connectivity index (χ1n) is 9.05. The Kier molecular flexibility index (Phi) is 11.7. The highest BCUT2D eigenvalue weighted by Gasteiger charge is 2.02. The Balaban J connectivity index is 2.09. The summed E-state index contributed by atoms with van der Waals surface area (Å²) in [6, 6.07) is 5.30. The predicted molar refractivity (Wildman–Crippen MR) is 106 cm³/mol. The molecule has 1 N–H and O–H groups in total. The van der Waals surface area contributed by atoms with Crippen molar-refractivity contribution in [2.45, 2.75) is 64.7 Å². The fourth-order valence-electron chi connectivity index (χ4n) is 2.54. The number of unbranched alkanes of at least 4 members (excludes halogenated alkanes) is 8. The van der Waals surface area contributed by atoms with Crippen molar-refractivity contribution in [3.8, 4) is 0 Å². The zero-order valence-corrected chi connectivity index (χ0v) is 16.1. The summed E-state index contributed by atoms with van der Waals surface area (Å²) in [6.07, 6.45) is 14.7. The third-order valence-electron chi connectivity index (χ3n) is 3.98. The average Bonchev–Trinajstić information content (AvgIpc) is 2.56. The summed E-state index contributed by atoms with van der Waals surface area (Å²) in [5, 5.41) is 3.99. The molecule has 24 heavy (non-hydrogen) atoms. The van der Waals surface area contributed by atoms with Crippen molar-refractivity contribution in [3.63, 3.8) is 0 Å². The number of benzene rings is 1. The van der Waals surface area contributed by atoms with E-state index in [1.165, 1.54) is 57.4 Å². The van der Waals surface area contributed by atoms with Gasteiger partial charge in [0.15, 0.2) is 0 Å². The standard InChI is InChI=1S/C20H29Cl2NO/c1-2-3-4-5-6-7-8-9-10-16-23-20(24)15-14-17-18(21)12-11-13-19(17)22/h11-15H,2-10,16H2,1H3,(H,23,24)/b15-14+. The molecule has 0 atom stereocenters. The van der Waals surface area contributed by atoms with E-state index in [1.54, 1.807) is 24.3 Å². The third kappa shape index (κ3) is 9.34. The Morgan fingerprint density at radius 2 is 1.50 bits per heavy atom. The topological polar surface area (TPSA) is 29.1 Å². The Bertz CT molecular complexity index is 494. The average molecular weight is 370 g/mol. The smallest absolute Gasteiger partial charge is 0.244 e. The number of nitrogens with one attached hydrogen (secondary N) is 1. The number of halogens is 2. The van der Waals surface area contributed by atoms with Gasteiger partial charge in [0.25, 0.3) is 0 Å². The van der Waals surface area contributed by atoms with Gasteiger partial charge in [-0.25, -0.2) is 0 Å². The molecule has 0 aliphatic carbocycles. The second kappa shape index (κ2) is 13.3. The van der Waals surface area contributed by atoms with Gasteiger partial charge in [-0.15, -0.1) is 0 Å². The van der Waals surface area contributed by atoms with Crippen LogP contribution in [0.1, 0.15) is 70.3 Å². The third-order valence-corrected chi connectivity index (χ3v) is 4.64. The maximum absolute atomic E-state index is 11.8. The van der Waals surface area contributed by atoms with Gasteiger partial charge in [0.05, 0.1) is 0 Å². The molecular weight excluding hydrogens is 341 g/mol. The minimum atomic E-state index is -0.106. The molecule has 1 aromatic rings. The SMILES string of the molecule is CCCCCCCCCCCNC(=O)/C=C/c1c(Cl)cccc1Cl. The number of rotatable bonds is 12. The van der Waals surface area contributed by atoms with E-state index in [4.69, 9.17) is 23.2 Å². The highest BCUT2D eigenvalue weighted by molar-refractivity contribution is 6.37. The van der Waals surface area contributed by atoms with Crippen LogP contribution in [0.3, 0.4) is 0 Å². The fourth-order valence-corrected chi connectivity index (χ4v) is 3.06. The van der Waals surface area contributed by atoms with Crippen LogP contribution in [0.5, 0.6) is 0 Å². The molecule has 1 rings (SSSR count). The molecule has 2 nitrogen and oxygen atoms in total. The van der Waals surface area contributed by atoms with E-state index in [9.17, 15) is 4.79 Å². The van der Waals surface area contributed by atoms with Gasteiger partial charge in [0.1, 0.15) is 0 Å². The second-order valence-electron chi connectivity index (χ2n) is 6.09. The summed E-state index contributed by atoms with van der Waals surface area (Å²) in [5.74, 6) is -0.106. The number of amides is 1. The van der Waals surface area contributed by atoms with Crippen LogP contribution in [0.15, 0.2) is 24.3 Å². The van der Waals surface area contributed by atoms with Crippen LogP contribution in [0.4, 0.5) is 0 Å². The molecule has 0 spiro atoms. The van der Waals surface area contributed by atoms with Crippen LogP contribution in [0.25, 0.3) is 6.08 Å². The lowest BCUT2D eigenvalue weighted by Gasteiger charge is -2.04. The number of hydrogen-bond acceptors (Lipinski definition) is 1. The molecule has 0 bridgehead atoms. The maximum Gasteiger partial charge on any atom is 0.244 e. The molecule has 0 radical (unpaired) electrons. The first-order valence-corrected chi connectivity index (χ1v) is 9.80. The predicted octanol–water partition coefficient (Wildman–Crippen LogP) is 6.65. The van der Waals surface area contributed by atoms with Gasteiger partial charge in [-0.05, 0) is 24.6 Å². The molecule has 0 aromatic heterocycles. The van der Waals surface area contributed by atoms with Gasteiger partial charge in [-0.2, -0.15) is 0 Å². The lowest BCUT2D eigenvalue weighted by molar-refractivity contribution is -0.116. The zero-order chi connectivity index (χ0) is 17.6. The number of hydrogen-bond donors (Lipinski definition) is 1. The summed E-state index contributed by atoms with van der Waals surface area (Å²) in [5.41, 5.74) is 0.680. The first-order chi connectivity index (χ1) is 11.6. The lowest BCUT2D eigenvalue weighted by atomic mass is 10.1. The van der Waals surface area contributed by atoms with E-state index in [0.29, 0.717) is 15.6 Å². The first kappa shape index (κ1) is 21.1. The molecule has 1 aromatic carbocycles. The molecular formula is C20H29Cl2NO. The fraction of sp³-hybridized carbons (Fsp3) is 0.550. The summed E-state index contributed by atoms with van der Waals surface area (Å²) in [7, 11) is 0. The van der Waals surface area contributed by atoms with Crippen LogP contribution in [-0.4, -0.2) is 12.5 Å². The summed E-state index contributed by atoms with van der Waals surface area (Å²) >= 11 is 12.1. The Morgan fingerprint density at radius 3 is 2.08 bits per heavy atom. The summed E-state index contributed by atoms with van der Waals surface area (Å²) in [4.78, 5) is 11.8. The largest absolute Gasteiger partial charge is 0.353 e. The Morgan fingerprint density at radius 1 is 0.958 bits per heavy atom. The second-order valence-corrected chi connectivity index (χ2v) is 6.90. The minimum Gasteiger partial charge on any atom is -0.353 e. The molecule has 0 saturated carbocycles. The van der Waals surface area contributed by atoms with Crippen molar-refractivity contribution >= 4 is 35.2 Å². The molecule has 0 unspecified atom stereocenters. The molecule has 0 aliphatic rings. The molecule has 0 heterocycles. The van der Waals surface area contributed by atoms with Crippen molar-refractivity contribution in [1.29, 1.82) is 0 Å². The number of carbonyl (C=O) groups excluding carboxylic acids is 1. The van der Waals surface area contributed by atoms with Gasteiger partial charge >= 0.3 is 0 Å². The van der Waals surface area contributed by atoms with E-state index >= 15 is 0 Å². The molecule has 134 valence electrons. The van der Waals surface area contributed by atoms with Crippen molar-refractivity contribution < 1.29 is 4.79 Å². The summed E-state index contributed by atoms with van der Waals surface area (Å²) < 4.78 is 0. The van der Waals surface area contributed by atoms with Crippen LogP contribution in [-0.2, 0) is 4.79 Å². The van der Waals surface area contributed by atoms with Crippen molar-refractivity contribution in [2.24, 2.45) is 0 Å². The van der Waals surface area contributed by atoms with Gasteiger partial charge in [-0.3, -0.25) is 4.79 Å². The number of carbonyl (C=O) groups is 1. The van der Waals surface area contributed by atoms with Crippen molar-refractivity contribution in [1.82, 2.24) is 5.32 Å². The maximum atomic E-state index is 11.8. The zero-order valence-electron chi connectivity index (χ0n) is 14.6. The van der Waals surface area contributed by atoms with Crippen LogP contribution >= 0.6 is 23.2 Å². The molecule has 1 amide bonds. The monoisotopic (exact) mass is 369 g/mol. The van der Waals surface area contributed by atoms with Crippen molar-refractivity contribution in [2.75, 3.05) is 6.54 Å². The normalized spacial score (nSPS) is 11.1. The highest BCUT2D eigenvalue weighted by Crippen LogP contribution is 2.25. The van der Waals surface area contributed by atoms with E-state index in [1.807, 2.05) is 0 Å². The molecule has 0 aliphatic heterocycles. The highest BCUT2D eigenvalue weighted by atomic mass is 35.5. The van der Waals surface area contributed by atoms with Crippen LogP contribution in [0, 0.1) is 0 Å². The lowest BCUT2D eigenvalue weighted by Crippen LogP contribution is -2.21. The van der Waals surface area contributed by atoms with Gasteiger partial charge in [-0.1, -0.05) is 87.6 Å². The Labute approximate surface area is 156 Å². The van der Waals surface area contributed by atoms with Crippen LogP contribution in [0.2, 0.25) is 10.0 Å². The van der Waals surface area contributed by atoms with E-state index in [0.717, 1.165) is 13.0 Å². The van der Waals surface area contributed by atoms with Crippen LogP contribution < -0.4 is 5.32 Å². The van der Waals surface area contributed by atoms with Gasteiger partial charge in [0, 0.05) is 28.2 Å². The molecule has 4 heteroatoms. The summed E-state index contributed by atoms with van der Waals surface area (Å²) in [6.45, 7) is 2.96. The van der Waals surface area contributed by atoms with E-state index in [2.05, 4.69) is 12.2 Å². The van der Waals surface area contributed by atoms with E-state index in [-0.39, 0.29) is 5.91 Å². The van der Waals surface area contributed by atoms with Gasteiger partial charge < -0.3 is 5.32 Å². The molecule has 0 saturated heterocycles. The quantitative estimate of drug-likeness (QED) is 0.324. The van der Waals surface area contributed by atoms with Crippen molar-refractivity contribution in [3.05, 3.63) is 39.9 Å². The Hall–Kier alpha value is -0.990. The minimum absolute atomic E-state index is 0.106. The molecule has 0 fully saturated rings.